The van der Waals surface area contributed by atoms with Crippen LogP contribution in [0.1, 0.15) is 11.1 Å². The van der Waals surface area contributed by atoms with E-state index in [1.807, 2.05) is 0 Å². The van der Waals surface area contributed by atoms with E-state index < -0.39 is 9.85 Å². The Bertz CT molecular complexity index is 2600. The van der Waals surface area contributed by atoms with E-state index in [1.165, 1.54) is 55.4 Å². The Labute approximate surface area is 353 Å². The second kappa shape index (κ2) is 16.5. The van der Waals surface area contributed by atoms with E-state index in [9.17, 15) is 20.2 Å². The maximum absolute atomic E-state index is 11.1. The van der Waals surface area contributed by atoms with Crippen molar-refractivity contribution in [3.05, 3.63) is 149 Å². The Hall–Kier alpha value is -5.90. The van der Waals surface area contributed by atoms with Crippen molar-refractivity contribution in [2.75, 3.05) is 0 Å². The Kier molecular flexibility index (Phi) is 11.1. The molecule has 0 spiro atoms. The van der Waals surface area contributed by atoms with Crippen molar-refractivity contribution >= 4 is 79.4 Å². The number of nitrogens with zero attached hydrogens (tertiary/aromatic N) is 14. The van der Waals surface area contributed by atoms with Crippen molar-refractivity contribution in [2.24, 2.45) is 0 Å². The summed E-state index contributed by atoms with van der Waals surface area (Å²) in [6, 6.07) is 22.1. The van der Waals surface area contributed by atoms with E-state index in [-0.39, 0.29) is 36.1 Å². The number of aromatic nitrogens is 12. The first kappa shape index (κ1) is 38.9. The van der Waals surface area contributed by atoms with Crippen LogP contribution in [0, 0.1) is 20.2 Å². The molecule has 8 rings (SSSR count). The van der Waals surface area contributed by atoms with Crippen LogP contribution >= 0.6 is 68.0 Å². The first-order valence-electron chi connectivity index (χ1n) is 16.4. The van der Waals surface area contributed by atoms with Crippen molar-refractivity contribution in [1.82, 2.24) is 60.0 Å². The highest BCUT2D eigenvalue weighted by atomic mass is 35.5. The fraction of sp³-hybridized carbons (Fsp3) is 0.0588. The van der Waals surface area contributed by atoms with Crippen LogP contribution in [0.15, 0.2) is 107 Å². The van der Waals surface area contributed by atoms with Crippen molar-refractivity contribution in [2.45, 2.75) is 23.1 Å². The van der Waals surface area contributed by atoms with Gasteiger partial charge in [0, 0.05) is 44.4 Å². The molecule has 0 aliphatic rings. The number of non-ortho nitro benzene ring substituents is 2. The standard InChI is InChI=1S/C34H20Cl4N14O4S2/c35-21-9-22(36)12-27(11-21)49-33(29(15-39-49)31-41-45-47(43-31)17-19-1-5-25(6-2-19)51(53)54)57-58-34-30(16-40-50(34)28-13-23(37)10-24(38)14-28)32-42-46-48(44-32)18-20-3-7-26(8-4-20)52(55)56/h1-16H,17-18H2. The molecule has 4 heterocycles. The molecule has 0 unspecified atom stereocenters. The quantitative estimate of drug-likeness (QED) is 0.0603. The van der Waals surface area contributed by atoms with Gasteiger partial charge in [-0.15, -0.1) is 20.4 Å². The van der Waals surface area contributed by atoms with Gasteiger partial charge in [-0.2, -0.15) is 19.8 Å². The Morgan fingerprint density at radius 2 is 0.914 bits per heavy atom. The van der Waals surface area contributed by atoms with Gasteiger partial charge in [0.05, 0.1) is 57.8 Å². The predicted octanol–water partition coefficient (Wildman–Crippen LogP) is 8.69. The van der Waals surface area contributed by atoms with Crippen LogP contribution in [0.2, 0.25) is 20.1 Å². The van der Waals surface area contributed by atoms with Crippen LogP contribution in [0.25, 0.3) is 34.2 Å². The molecule has 8 aromatic rings. The van der Waals surface area contributed by atoms with Crippen molar-refractivity contribution in [1.29, 1.82) is 0 Å². The van der Waals surface area contributed by atoms with Gasteiger partial charge in [-0.3, -0.25) is 20.2 Å². The minimum atomic E-state index is -0.470. The van der Waals surface area contributed by atoms with Gasteiger partial charge in [-0.1, -0.05) is 70.7 Å². The molecule has 0 bridgehead atoms. The molecule has 4 aromatic carbocycles. The zero-order valence-electron chi connectivity index (χ0n) is 28.9. The van der Waals surface area contributed by atoms with E-state index in [4.69, 9.17) is 46.4 Å². The smallest absolute Gasteiger partial charge is 0.258 e. The SMILES string of the molecule is O=[N+]([O-])c1ccc(Cn2nnc(-c3cnn(-c4cc(Cl)cc(Cl)c4)c3SSc3c(-c4nnn(Cc5ccc([N+](=O)[O-])cc5)n4)cnn3-c3cc(Cl)cc(Cl)c3)n2)cc1. The molecule has 0 N–H and O–H groups in total. The van der Waals surface area contributed by atoms with Gasteiger partial charge in [0.25, 0.3) is 11.4 Å². The summed E-state index contributed by atoms with van der Waals surface area (Å²) in [4.78, 5) is 24.0. The third-order valence-electron chi connectivity index (χ3n) is 8.16. The average molecular weight is 895 g/mol. The van der Waals surface area contributed by atoms with Crippen LogP contribution in [0.5, 0.6) is 0 Å². The largest absolute Gasteiger partial charge is 0.269 e. The molecule has 4 aromatic heterocycles. The minimum Gasteiger partial charge on any atom is -0.258 e. The fourth-order valence-corrected chi connectivity index (χ4v) is 9.06. The molecule has 0 fully saturated rings. The molecule has 290 valence electrons. The normalized spacial score (nSPS) is 11.3. The number of nitro groups is 2. The van der Waals surface area contributed by atoms with Crippen molar-refractivity contribution < 1.29 is 9.85 Å². The lowest BCUT2D eigenvalue weighted by Crippen LogP contribution is -2.04. The highest BCUT2D eigenvalue weighted by Crippen LogP contribution is 2.46. The second-order valence-corrected chi connectivity index (χ2v) is 16.0. The molecule has 0 aliphatic carbocycles. The van der Waals surface area contributed by atoms with Gasteiger partial charge in [-0.25, -0.2) is 9.36 Å². The first-order chi connectivity index (χ1) is 28.0. The van der Waals surface area contributed by atoms with E-state index >= 15 is 0 Å². The summed E-state index contributed by atoms with van der Waals surface area (Å²) in [5.41, 5.74) is 3.51. The molecule has 0 aliphatic heterocycles. The zero-order chi connectivity index (χ0) is 40.5. The Morgan fingerprint density at radius 3 is 1.26 bits per heavy atom. The lowest BCUT2D eigenvalue weighted by atomic mass is 10.2. The third-order valence-corrected chi connectivity index (χ3v) is 11.4. The summed E-state index contributed by atoms with van der Waals surface area (Å²) in [6.07, 6.45) is 3.18. The van der Waals surface area contributed by atoms with Crippen LogP contribution < -0.4 is 0 Å². The number of rotatable bonds is 13. The summed E-state index contributed by atoms with van der Waals surface area (Å²) in [6.45, 7) is 0.395. The van der Waals surface area contributed by atoms with E-state index in [2.05, 4.69) is 41.0 Å². The van der Waals surface area contributed by atoms with Gasteiger partial charge >= 0.3 is 0 Å². The molecule has 0 saturated carbocycles. The molecule has 0 amide bonds. The van der Waals surface area contributed by atoms with Crippen LogP contribution in [-0.4, -0.2) is 69.8 Å². The lowest BCUT2D eigenvalue weighted by Gasteiger charge is -2.11. The molecule has 0 atom stereocenters. The van der Waals surface area contributed by atoms with Crippen LogP contribution in [0.4, 0.5) is 11.4 Å². The summed E-state index contributed by atoms with van der Waals surface area (Å²) in [7, 11) is 2.56. The second-order valence-electron chi connectivity index (χ2n) is 12.1. The zero-order valence-corrected chi connectivity index (χ0v) is 33.5. The number of nitro benzene ring substituents is 2. The summed E-state index contributed by atoms with van der Waals surface area (Å²) in [5.74, 6) is 0.492. The monoisotopic (exact) mass is 892 g/mol. The average Bonchev–Trinajstić information content (AvgIpc) is 4.00. The topological polar surface area (TPSA) is 209 Å². The van der Waals surface area contributed by atoms with E-state index in [0.29, 0.717) is 52.6 Å². The highest BCUT2D eigenvalue weighted by molar-refractivity contribution is 8.76. The number of benzene rings is 4. The molecular formula is C34H20Cl4N14O4S2. The molecule has 0 radical (unpaired) electrons. The lowest BCUT2D eigenvalue weighted by molar-refractivity contribution is -0.385. The van der Waals surface area contributed by atoms with Crippen LogP contribution in [0.3, 0.4) is 0 Å². The maximum Gasteiger partial charge on any atom is 0.269 e. The predicted molar refractivity (Wildman–Crippen MR) is 217 cm³/mol. The number of tetrazole rings is 2. The first-order valence-corrected chi connectivity index (χ1v) is 20.1. The Balaban J connectivity index is 1.16. The molecule has 24 heteroatoms. The summed E-state index contributed by atoms with van der Waals surface area (Å²) >= 11 is 25.7. The number of hydrogen-bond acceptors (Lipinski definition) is 14. The van der Waals surface area contributed by atoms with E-state index in [1.54, 1.807) is 82.4 Å². The number of hydrogen-bond donors (Lipinski definition) is 0. The molecular weight excluding hydrogens is 874 g/mol. The Morgan fingerprint density at radius 1 is 0.552 bits per heavy atom. The van der Waals surface area contributed by atoms with Gasteiger partial charge < -0.3 is 0 Å². The molecule has 18 nitrogen and oxygen atoms in total. The van der Waals surface area contributed by atoms with Gasteiger partial charge in [0.2, 0.25) is 11.6 Å². The molecule has 0 saturated heterocycles. The summed E-state index contributed by atoms with van der Waals surface area (Å²) in [5, 5.41) is 60.5. The molecule has 58 heavy (non-hydrogen) atoms. The van der Waals surface area contributed by atoms with Gasteiger partial charge in [0.15, 0.2) is 0 Å². The minimum absolute atomic E-state index is 0.0331. The van der Waals surface area contributed by atoms with Gasteiger partial charge in [0.1, 0.15) is 10.1 Å². The van der Waals surface area contributed by atoms with Crippen molar-refractivity contribution in [3.8, 4) is 34.2 Å². The highest BCUT2D eigenvalue weighted by Gasteiger charge is 2.25. The summed E-state index contributed by atoms with van der Waals surface area (Å²) < 4.78 is 3.27. The maximum atomic E-state index is 11.1. The van der Waals surface area contributed by atoms with Gasteiger partial charge in [-0.05, 0) is 79.5 Å². The van der Waals surface area contributed by atoms with E-state index in [0.717, 1.165) is 11.1 Å². The number of halogens is 4. The van der Waals surface area contributed by atoms with Crippen molar-refractivity contribution in [3.63, 3.8) is 0 Å². The van der Waals surface area contributed by atoms with Crippen LogP contribution in [-0.2, 0) is 13.1 Å². The fourth-order valence-electron chi connectivity index (χ4n) is 5.52. The third kappa shape index (κ3) is 8.51.